The number of carbonyl (C=O) groups is 1. The minimum Gasteiger partial charge on any atom is -0.334 e. The summed E-state index contributed by atoms with van der Waals surface area (Å²) in [6.45, 7) is 0.802. The summed E-state index contributed by atoms with van der Waals surface area (Å²) in [6.07, 6.45) is 7.67. The topological polar surface area (TPSA) is 46.1 Å². The van der Waals surface area contributed by atoms with Crippen molar-refractivity contribution in [3.05, 3.63) is 58.6 Å². The lowest BCUT2D eigenvalue weighted by Gasteiger charge is -2.24. The van der Waals surface area contributed by atoms with E-state index in [-0.39, 0.29) is 11.9 Å². The summed E-state index contributed by atoms with van der Waals surface area (Å²) in [5.41, 5.74) is 1.68. The number of hydrogen-bond acceptors (Lipinski definition) is 3. The fourth-order valence-corrected chi connectivity index (χ4v) is 3.03. The Hall–Kier alpha value is -1.75. The second-order valence-electron chi connectivity index (χ2n) is 5.22. The van der Waals surface area contributed by atoms with Gasteiger partial charge in [0.2, 0.25) is 0 Å². The van der Waals surface area contributed by atoms with E-state index in [0.717, 1.165) is 30.3 Å². The van der Waals surface area contributed by atoms with E-state index in [1.165, 1.54) is 11.8 Å². The van der Waals surface area contributed by atoms with Gasteiger partial charge in [0.25, 0.3) is 5.91 Å². The molecule has 0 radical (unpaired) electrons. The van der Waals surface area contributed by atoms with Crippen molar-refractivity contribution in [2.24, 2.45) is 0 Å². The third-order valence-electron chi connectivity index (χ3n) is 3.80. The highest BCUT2D eigenvalue weighted by Crippen LogP contribution is 2.23. The van der Waals surface area contributed by atoms with Crippen molar-refractivity contribution in [3.63, 3.8) is 0 Å². The van der Waals surface area contributed by atoms with Gasteiger partial charge in [-0.3, -0.25) is 9.78 Å². The number of amides is 1. The maximum atomic E-state index is 12.5. The van der Waals surface area contributed by atoms with Crippen molar-refractivity contribution >= 4 is 21.8 Å². The second kappa shape index (κ2) is 6.35. The van der Waals surface area contributed by atoms with Crippen LogP contribution in [0.2, 0.25) is 0 Å². The maximum absolute atomic E-state index is 12.5. The molecule has 2 heterocycles. The first-order valence-corrected chi connectivity index (χ1v) is 7.85. The molecule has 2 aromatic rings. The van der Waals surface area contributed by atoms with Crippen LogP contribution in [-0.2, 0) is 6.42 Å². The summed E-state index contributed by atoms with van der Waals surface area (Å²) in [4.78, 5) is 22.6. The normalized spacial score (nSPS) is 18.0. The number of halogens is 1. The van der Waals surface area contributed by atoms with E-state index in [4.69, 9.17) is 0 Å². The van der Waals surface area contributed by atoms with Crippen molar-refractivity contribution in [2.75, 3.05) is 6.54 Å². The fourth-order valence-electron chi connectivity index (χ4n) is 2.76. The SMILES string of the molecule is O=C(c1cnccn1)N1CCCC1Cc1ccc(Br)cc1. The molecule has 0 aliphatic carbocycles. The zero-order valence-corrected chi connectivity index (χ0v) is 13.2. The molecule has 1 saturated heterocycles. The van der Waals surface area contributed by atoms with Gasteiger partial charge in [0.15, 0.2) is 0 Å². The first kappa shape index (κ1) is 14.2. The highest BCUT2D eigenvalue weighted by atomic mass is 79.9. The van der Waals surface area contributed by atoms with Gasteiger partial charge in [-0.05, 0) is 37.0 Å². The molecule has 1 aromatic carbocycles. The van der Waals surface area contributed by atoms with Crippen molar-refractivity contribution in [1.29, 1.82) is 0 Å². The monoisotopic (exact) mass is 345 g/mol. The number of benzene rings is 1. The molecule has 0 N–H and O–H groups in total. The Labute approximate surface area is 132 Å². The van der Waals surface area contributed by atoms with Gasteiger partial charge < -0.3 is 4.90 Å². The molecule has 4 nitrogen and oxygen atoms in total. The third-order valence-corrected chi connectivity index (χ3v) is 4.33. The van der Waals surface area contributed by atoms with Crippen molar-refractivity contribution in [1.82, 2.24) is 14.9 Å². The number of nitrogens with zero attached hydrogens (tertiary/aromatic N) is 3. The lowest BCUT2D eigenvalue weighted by molar-refractivity contribution is 0.0730. The van der Waals surface area contributed by atoms with E-state index in [9.17, 15) is 4.79 Å². The molecule has 1 aliphatic heterocycles. The Bertz CT molecular complexity index is 615. The zero-order valence-electron chi connectivity index (χ0n) is 11.6. The van der Waals surface area contributed by atoms with Crippen LogP contribution in [-0.4, -0.2) is 33.4 Å². The van der Waals surface area contributed by atoms with Gasteiger partial charge in [-0.2, -0.15) is 0 Å². The van der Waals surface area contributed by atoms with Crippen LogP contribution >= 0.6 is 15.9 Å². The van der Waals surface area contributed by atoms with Gasteiger partial charge in [-0.15, -0.1) is 0 Å². The first-order valence-electron chi connectivity index (χ1n) is 7.05. The number of likely N-dealkylation sites (tertiary alicyclic amines) is 1. The summed E-state index contributed by atoms with van der Waals surface area (Å²) >= 11 is 3.44. The molecule has 1 aliphatic rings. The predicted octanol–water partition coefficient (Wildman–Crippen LogP) is 3.09. The molecule has 1 atom stereocenters. The number of rotatable bonds is 3. The molecule has 108 valence electrons. The summed E-state index contributed by atoms with van der Waals surface area (Å²) in [5.74, 6) is -0.0114. The Morgan fingerprint density at radius 3 is 2.81 bits per heavy atom. The molecule has 1 unspecified atom stereocenters. The van der Waals surface area contributed by atoms with Crippen molar-refractivity contribution in [2.45, 2.75) is 25.3 Å². The molecule has 0 saturated carbocycles. The van der Waals surface area contributed by atoms with E-state index in [1.807, 2.05) is 17.0 Å². The highest BCUT2D eigenvalue weighted by molar-refractivity contribution is 9.10. The average molecular weight is 346 g/mol. The van der Waals surface area contributed by atoms with Crippen LogP contribution in [0.15, 0.2) is 47.3 Å². The third kappa shape index (κ3) is 3.29. The Kier molecular flexibility index (Phi) is 4.29. The van der Waals surface area contributed by atoms with Crippen molar-refractivity contribution < 1.29 is 4.79 Å². The number of aromatic nitrogens is 2. The molecule has 5 heteroatoms. The molecule has 1 amide bonds. The van der Waals surface area contributed by atoms with Crippen LogP contribution in [0.1, 0.15) is 28.9 Å². The van der Waals surface area contributed by atoms with Gasteiger partial charge in [0, 0.05) is 29.5 Å². The Balaban J connectivity index is 1.73. The molecule has 21 heavy (non-hydrogen) atoms. The lowest BCUT2D eigenvalue weighted by atomic mass is 10.0. The standard InChI is InChI=1S/C16H16BrN3O/c17-13-5-3-12(4-6-13)10-14-2-1-9-20(14)16(21)15-11-18-7-8-19-15/h3-8,11,14H,1-2,9-10H2. The van der Waals surface area contributed by atoms with Gasteiger partial charge in [-0.1, -0.05) is 28.1 Å². The molecule has 1 fully saturated rings. The van der Waals surface area contributed by atoms with Gasteiger partial charge in [0.05, 0.1) is 6.20 Å². The summed E-state index contributed by atoms with van der Waals surface area (Å²) in [5, 5.41) is 0. The van der Waals surface area contributed by atoms with Crippen LogP contribution < -0.4 is 0 Å². The smallest absolute Gasteiger partial charge is 0.274 e. The van der Waals surface area contributed by atoms with E-state index in [1.54, 1.807) is 12.4 Å². The maximum Gasteiger partial charge on any atom is 0.274 e. The van der Waals surface area contributed by atoms with E-state index in [2.05, 4.69) is 38.0 Å². The summed E-state index contributed by atoms with van der Waals surface area (Å²) in [7, 11) is 0. The van der Waals surface area contributed by atoms with Crippen LogP contribution in [0.5, 0.6) is 0 Å². The second-order valence-corrected chi connectivity index (χ2v) is 6.13. The van der Waals surface area contributed by atoms with Crippen molar-refractivity contribution in [3.8, 4) is 0 Å². The molecule has 0 bridgehead atoms. The quantitative estimate of drug-likeness (QED) is 0.858. The largest absolute Gasteiger partial charge is 0.334 e. The minimum absolute atomic E-state index is 0.0114. The zero-order chi connectivity index (χ0) is 14.7. The average Bonchev–Trinajstić information content (AvgIpc) is 2.98. The lowest BCUT2D eigenvalue weighted by Crippen LogP contribution is -2.37. The van der Waals surface area contributed by atoms with E-state index in [0.29, 0.717) is 5.69 Å². The number of carbonyl (C=O) groups excluding carboxylic acids is 1. The van der Waals surface area contributed by atoms with Crippen LogP contribution in [0.25, 0.3) is 0 Å². The van der Waals surface area contributed by atoms with Crippen LogP contribution in [0, 0.1) is 0 Å². The molecule has 3 rings (SSSR count). The minimum atomic E-state index is -0.0114. The molecule has 0 spiro atoms. The summed E-state index contributed by atoms with van der Waals surface area (Å²) < 4.78 is 1.07. The molecular formula is C16H16BrN3O. The van der Waals surface area contributed by atoms with E-state index < -0.39 is 0 Å². The Morgan fingerprint density at radius 1 is 1.29 bits per heavy atom. The highest BCUT2D eigenvalue weighted by Gasteiger charge is 2.30. The van der Waals surface area contributed by atoms with Gasteiger partial charge >= 0.3 is 0 Å². The van der Waals surface area contributed by atoms with Crippen LogP contribution in [0.3, 0.4) is 0 Å². The van der Waals surface area contributed by atoms with Gasteiger partial charge in [0.1, 0.15) is 5.69 Å². The Morgan fingerprint density at radius 2 is 2.10 bits per heavy atom. The van der Waals surface area contributed by atoms with E-state index >= 15 is 0 Å². The van der Waals surface area contributed by atoms with Gasteiger partial charge in [-0.25, -0.2) is 4.98 Å². The number of hydrogen-bond donors (Lipinski definition) is 0. The summed E-state index contributed by atoms with van der Waals surface area (Å²) in [6, 6.07) is 8.54. The van der Waals surface area contributed by atoms with Crippen LogP contribution in [0.4, 0.5) is 0 Å². The molecular weight excluding hydrogens is 330 g/mol. The predicted molar refractivity (Wildman–Crippen MR) is 83.9 cm³/mol. The fraction of sp³-hybridized carbons (Fsp3) is 0.312. The first-order chi connectivity index (χ1) is 10.2. The molecule has 1 aromatic heterocycles.